The number of anilines is 1. The summed E-state index contributed by atoms with van der Waals surface area (Å²) < 4.78 is 17.4. The molecule has 11 heteroatoms. The van der Waals surface area contributed by atoms with E-state index in [0.717, 1.165) is 87.6 Å². The fourth-order valence-electron chi connectivity index (χ4n) is 6.64. The van der Waals surface area contributed by atoms with E-state index in [-0.39, 0.29) is 36.2 Å². The smallest absolute Gasteiger partial charge is 0.410 e. The second-order valence-corrected chi connectivity index (χ2v) is 13.9. The van der Waals surface area contributed by atoms with E-state index in [0.29, 0.717) is 23.5 Å². The second kappa shape index (κ2) is 16.0. The van der Waals surface area contributed by atoms with Crippen molar-refractivity contribution in [3.8, 4) is 5.75 Å². The van der Waals surface area contributed by atoms with Crippen molar-refractivity contribution in [2.24, 2.45) is 0 Å². The van der Waals surface area contributed by atoms with Crippen LogP contribution in [-0.4, -0.2) is 97.5 Å². The number of carbonyl (C=O) groups is 2. The molecular formula is C36H55N5O6. The molecule has 1 saturated heterocycles. The zero-order valence-corrected chi connectivity index (χ0v) is 29.7. The van der Waals surface area contributed by atoms with E-state index in [2.05, 4.69) is 33.1 Å². The number of nitrogens with one attached hydrogen (secondary N) is 2. The Hall–Kier alpha value is -3.57. The highest BCUT2D eigenvalue weighted by Crippen LogP contribution is 2.35. The van der Waals surface area contributed by atoms with Gasteiger partial charge in [0.15, 0.2) is 0 Å². The zero-order chi connectivity index (χ0) is 34.3. The number of ether oxygens (including phenoxy) is 3. The molecule has 1 aromatic heterocycles. The fraction of sp³-hybridized carbons (Fsp3) is 0.639. The first kappa shape index (κ1) is 36.3. The van der Waals surface area contributed by atoms with Crippen molar-refractivity contribution in [2.45, 2.75) is 98.4 Å². The highest BCUT2D eigenvalue weighted by atomic mass is 16.6. The Morgan fingerprint density at radius 2 is 1.70 bits per heavy atom. The Morgan fingerprint density at radius 3 is 2.32 bits per heavy atom. The van der Waals surface area contributed by atoms with Crippen molar-refractivity contribution < 1.29 is 23.8 Å². The van der Waals surface area contributed by atoms with Gasteiger partial charge in [-0.15, -0.1) is 0 Å². The van der Waals surface area contributed by atoms with Gasteiger partial charge in [0, 0.05) is 80.4 Å². The number of aryl methyl sites for hydroxylation is 2. The summed E-state index contributed by atoms with van der Waals surface area (Å²) in [4.78, 5) is 48.4. The molecule has 2 heterocycles. The molecule has 1 aliphatic carbocycles. The summed E-state index contributed by atoms with van der Waals surface area (Å²) in [6, 6.07) is 6.15. The van der Waals surface area contributed by atoms with Gasteiger partial charge >= 0.3 is 6.09 Å². The Kier molecular flexibility index (Phi) is 12.4. The molecule has 11 nitrogen and oxygen atoms in total. The summed E-state index contributed by atoms with van der Waals surface area (Å²) in [5.41, 5.74) is 3.81. The van der Waals surface area contributed by atoms with Crippen molar-refractivity contribution in [1.29, 1.82) is 0 Å². The highest BCUT2D eigenvalue weighted by molar-refractivity contribution is 5.97. The van der Waals surface area contributed by atoms with Gasteiger partial charge in [0.2, 0.25) is 0 Å². The molecule has 0 radical (unpaired) electrons. The fourth-order valence-corrected chi connectivity index (χ4v) is 6.64. The maximum Gasteiger partial charge on any atom is 0.410 e. The van der Waals surface area contributed by atoms with Crippen LogP contribution in [0, 0.1) is 20.8 Å². The van der Waals surface area contributed by atoms with E-state index < -0.39 is 5.60 Å². The second-order valence-electron chi connectivity index (χ2n) is 13.9. The molecule has 0 spiro atoms. The quantitative estimate of drug-likeness (QED) is 0.350. The lowest BCUT2D eigenvalue weighted by Crippen LogP contribution is -2.46. The molecule has 47 heavy (non-hydrogen) atoms. The van der Waals surface area contributed by atoms with Gasteiger partial charge in [0.25, 0.3) is 11.5 Å². The summed E-state index contributed by atoms with van der Waals surface area (Å²) in [6.07, 6.45) is 3.26. The van der Waals surface area contributed by atoms with Gasteiger partial charge in [-0.3, -0.25) is 14.5 Å². The lowest BCUT2D eigenvalue weighted by Gasteiger charge is -2.41. The minimum Gasteiger partial charge on any atom is -0.492 e. The Bertz CT molecular complexity index is 1440. The number of pyridine rings is 1. The normalized spacial score (nSPS) is 18.8. The maximum atomic E-state index is 13.8. The van der Waals surface area contributed by atoms with Crippen LogP contribution < -0.4 is 20.5 Å². The van der Waals surface area contributed by atoms with E-state index in [1.807, 2.05) is 60.7 Å². The molecule has 2 N–H and O–H groups in total. The lowest BCUT2D eigenvalue weighted by atomic mass is 9.88. The predicted molar refractivity (Wildman–Crippen MR) is 185 cm³/mol. The summed E-state index contributed by atoms with van der Waals surface area (Å²) in [5, 5.41) is 3.00. The number of aromatic nitrogens is 1. The Labute approximate surface area is 279 Å². The molecule has 0 bridgehead atoms. The molecule has 1 saturated carbocycles. The summed E-state index contributed by atoms with van der Waals surface area (Å²) in [7, 11) is 1.83. The van der Waals surface area contributed by atoms with Crippen molar-refractivity contribution in [2.75, 3.05) is 57.9 Å². The standard InChI is InChI=1S/C36H55N5O6/c1-9-41(28-12-10-27(11-13-28)39(8)35(44)47-36(5,6)7)32-22-29(46-19-16-40-14-17-45-18-15-40)21-30(26(32)4)33(42)37-23-31-24(2)20-25(3)38-34(31)43/h20-22,27-28H,9-19,23H2,1-8H3,(H,37,42)(H,38,43)/t27-,28-. The monoisotopic (exact) mass is 653 g/mol. The van der Waals surface area contributed by atoms with Gasteiger partial charge in [0.05, 0.1) is 13.2 Å². The minimum atomic E-state index is -0.535. The molecule has 1 aliphatic heterocycles. The van der Waals surface area contributed by atoms with Crippen LogP contribution in [0.4, 0.5) is 10.5 Å². The average Bonchev–Trinajstić information content (AvgIpc) is 3.01. The van der Waals surface area contributed by atoms with E-state index in [1.54, 1.807) is 4.90 Å². The van der Waals surface area contributed by atoms with Crippen LogP contribution in [0.3, 0.4) is 0 Å². The summed E-state index contributed by atoms with van der Waals surface area (Å²) >= 11 is 0. The van der Waals surface area contributed by atoms with Crippen molar-refractivity contribution in [1.82, 2.24) is 20.1 Å². The van der Waals surface area contributed by atoms with Gasteiger partial charge < -0.3 is 34.3 Å². The molecule has 0 unspecified atom stereocenters. The first-order chi connectivity index (χ1) is 22.3. The number of nitrogens with zero attached hydrogens (tertiary/aromatic N) is 3. The Morgan fingerprint density at radius 1 is 1.04 bits per heavy atom. The first-order valence-corrected chi connectivity index (χ1v) is 17.0. The average molecular weight is 654 g/mol. The van der Waals surface area contributed by atoms with Gasteiger partial charge in [-0.2, -0.15) is 0 Å². The van der Waals surface area contributed by atoms with Gasteiger partial charge in [0.1, 0.15) is 18.0 Å². The van der Waals surface area contributed by atoms with Crippen LogP contribution in [0.2, 0.25) is 0 Å². The van der Waals surface area contributed by atoms with Crippen LogP contribution in [-0.2, 0) is 16.0 Å². The number of amides is 2. The number of hydrogen-bond acceptors (Lipinski definition) is 8. The SMILES string of the molecule is CCN(c1cc(OCCN2CCOCC2)cc(C(=O)NCc2c(C)cc(C)[nH]c2=O)c1C)[C@H]1CC[C@H](N(C)C(=O)OC(C)(C)C)CC1. The molecule has 4 rings (SSSR count). The molecular weight excluding hydrogens is 598 g/mol. The molecule has 2 fully saturated rings. The predicted octanol–water partition coefficient (Wildman–Crippen LogP) is 4.95. The summed E-state index contributed by atoms with van der Waals surface area (Å²) in [6.45, 7) is 18.9. The Balaban J connectivity index is 1.54. The van der Waals surface area contributed by atoms with Crippen LogP contribution in [0.5, 0.6) is 5.75 Å². The molecule has 260 valence electrons. The highest BCUT2D eigenvalue weighted by Gasteiger charge is 2.32. The number of hydrogen-bond donors (Lipinski definition) is 2. The maximum absolute atomic E-state index is 13.8. The van der Waals surface area contributed by atoms with E-state index in [4.69, 9.17) is 14.2 Å². The van der Waals surface area contributed by atoms with E-state index in [1.165, 1.54) is 0 Å². The van der Waals surface area contributed by atoms with Crippen molar-refractivity contribution >= 4 is 17.7 Å². The number of benzene rings is 1. The first-order valence-electron chi connectivity index (χ1n) is 17.0. The van der Waals surface area contributed by atoms with Crippen LogP contribution in [0.25, 0.3) is 0 Å². The molecule has 0 atom stereocenters. The number of rotatable bonds is 11. The summed E-state index contributed by atoms with van der Waals surface area (Å²) in [5.74, 6) is 0.394. The number of morpholine rings is 1. The van der Waals surface area contributed by atoms with Crippen LogP contribution >= 0.6 is 0 Å². The van der Waals surface area contributed by atoms with Gasteiger partial charge in [-0.1, -0.05) is 0 Å². The number of aromatic amines is 1. The number of H-pyrrole nitrogens is 1. The third-order valence-electron chi connectivity index (χ3n) is 9.28. The van der Waals surface area contributed by atoms with Gasteiger partial charge in [-0.05, 0) is 97.4 Å². The van der Waals surface area contributed by atoms with E-state index in [9.17, 15) is 14.4 Å². The topological polar surface area (TPSA) is 116 Å². The molecule has 2 amide bonds. The minimum absolute atomic E-state index is 0.116. The molecule has 1 aromatic carbocycles. The third-order valence-corrected chi connectivity index (χ3v) is 9.28. The van der Waals surface area contributed by atoms with E-state index >= 15 is 0 Å². The van der Waals surface area contributed by atoms with Gasteiger partial charge in [-0.25, -0.2) is 4.79 Å². The van der Waals surface area contributed by atoms with Crippen molar-refractivity contribution in [3.63, 3.8) is 0 Å². The number of carbonyl (C=O) groups excluding carboxylic acids is 2. The zero-order valence-electron chi connectivity index (χ0n) is 29.7. The van der Waals surface area contributed by atoms with Crippen LogP contribution in [0.1, 0.15) is 86.1 Å². The molecule has 2 aromatic rings. The lowest BCUT2D eigenvalue weighted by molar-refractivity contribution is 0.0182. The van der Waals surface area contributed by atoms with Crippen molar-refractivity contribution in [3.05, 3.63) is 56.5 Å². The largest absolute Gasteiger partial charge is 0.492 e. The molecule has 2 aliphatic rings. The third kappa shape index (κ3) is 9.73. The van der Waals surface area contributed by atoms with Crippen LogP contribution in [0.15, 0.2) is 23.0 Å².